The molecule has 0 bridgehead atoms. The fourth-order valence-electron chi connectivity index (χ4n) is 1.61. The molecule has 0 fully saturated rings. The van der Waals surface area contributed by atoms with E-state index >= 15 is 0 Å². The minimum Gasteiger partial charge on any atom is -0.207 e. The molecule has 1 N–H and O–H groups in total. The second-order valence-electron chi connectivity index (χ2n) is 4.96. The van der Waals surface area contributed by atoms with Gasteiger partial charge in [0, 0.05) is 5.54 Å². The van der Waals surface area contributed by atoms with Gasteiger partial charge in [0.15, 0.2) is 5.15 Å². The summed E-state index contributed by atoms with van der Waals surface area (Å²) in [5, 5.41) is 0.714. The standard InChI is InChI=1S/C11H13ClN2O2S2/c1-11(2,3)14-18(15,16)8-6-4-5-7-9(8)10(12)13-17-7/h4-6,14H,1-3H3. The highest BCUT2D eigenvalue weighted by atomic mass is 35.5. The fourth-order valence-corrected chi connectivity index (χ4v) is 4.45. The van der Waals surface area contributed by atoms with Gasteiger partial charge in [0.2, 0.25) is 10.0 Å². The Kier molecular flexibility index (Phi) is 3.40. The summed E-state index contributed by atoms with van der Waals surface area (Å²) in [6.45, 7) is 5.37. The first-order valence-corrected chi connectivity index (χ1v) is 7.92. The lowest BCUT2D eigenvalue weighted by Crippen LogP contribution is -2.40. The number of fused-ring (bicyclic) bond motifs is 1. The largest absolute Gasteiger partial charge is 0.241 e. The van der Waals surface area contributed by atoms with Crippen molar-refractivity contribution in [3.63, 3.8) is 0 Å². The van der Waals surface area contributed by atoms with Gasteiger partial charge in [-0.25, -0.2) is 13.1 Å². The maximum absolute atomic E-state index is 12.3. The number of rotatable bonds is 2. The van der Waals surface area contributed by atoms with Gasteiger partial charge in [0.05, 0.1) is 15.0 Å². The molecule has 0 saturated carbocycles. The zero-order valence-electron chi connectivity index (χ0n) is 10.2. The lowest BCUT2D eigenvalue weighted by atomic mass is 10.1. The number of sulfonamides is 1. The Morgan fingerprint density at radius 3 is 2.61 bits per heavy atom. The van der Waals surface area contributed by atoms with E-state index in [-0.39, 0.29) is 10.0 Å². The number of hydrogen-bond acceptors (Lipinski definition) is 4. The predicted octanol–water partition coefficient (Wildman–Crippen LogP) is 3.03. The highest BCUT2D eigenvalue weighted by Gasteiger charge is 2.25. The van der Waals surface area contributed by atoms with E-state index < -0.39 is 15.6 Å². The van der Waals surface area contributed by atoms with Gasteiger partial charge in [-0.2, -0.15) is 4.37 Å². The van der Waals surface area contributed by atoms with E-state index in [0.29, 0.717) is 5.39 Å². The SMILES string of the molecule is CC(C)(C)NS(=O)(=O)c1cccc2snc(Cl)c12. The van der Waals surface area contributed by atoms with E-state index in [2.05, 4.69) is 9.10 Å². The summed E-state index contributed by atoms with van der Waals surface area (Å²) in [6.07, 6.45) is 0. The Hall–Kier alpha value is -0.690. The first-order chi connectivity index (χ1) is 8.21. The molecule has 0 amide bonds. The summed E-state index contributed by atoms with van der Waals surface area (Å²) in [4.78, 5) is 0.175. The van der Waals surface area contributed by atoms with Crippen molar-refractivity contribution < 1.29 is 8.42 Å². The molecule has 0 aliphatic heterocycles. The first kappa shape index (κ1) is 13.7. The van der Waals surface area contributed by atoms with Crippen LogP contribution in [0.3, 0.4) is 0 Å². The van der Waals surface area contributed by atoms with Gasteiger partial charge in [-0.05, 0) is 44.4 Å². The van der Waals surface area contributed by atoms with Crippen LogP contribution in [0.25, 0.3) is 10.1 Å². The van der Waals surface area contributed by atoms with Crippen molar-refractivity contribution in [1.29, 1.82) is 0 Å². The molecule has 0 aliphatic carbocycles. The van der Waals surface area contributed by atoms with Crippen LogP contribution in [0.2, 0.25) is 5.15 Å². The highest BCUT2D eigenvalue weighted by Crippen LogP contribution is 2.32. The van der Waals surface area contributed by atoms with E-state index in [9.17, 15) is 8.42 Å². The topological polar surface area (TPSA) is 59.1 Å². The number of halogens is 1. The summed E-state index contributed by atoms with van der Waals surface area (Å²) < 4.78 is 32.0. The average molecular weight is 305 g/mol. The van der Waals surface area contributed by atoms with Crippen LogP contribution in [0.5, 0.6) is 0 Å². The Balaban J connectivity index is 2.64. The molecule has 4 nitrogen and oxygen atoms in total. The fraction of sp³-hybridized carbons (Fsp3) is 0.364. The van der Waals surface area contributed by atoms with Crippen molar-refractivity contribution in [2.45, 2.75) is 31.2 Å². The highest BCUT2D eigenvalue weighted by molar-refractivity contribution is 7.89. The van der Waals surface area contributed by atoms with Crippen LogP contribution in [0.15, 0.2) is 23.1 Å². The smallest absolute Gasteiger partial charge is 0.207 e. The minimum atomic E-state index is -3.60. The quantitative estimate of drug-likeness (QED) is 0.927. The zero-order chi connectivity index (χ0) is 13.6. The molecule has 0 atom stereocenters. The molecule has 2 aromatic rings. The lowest BCUT2D eigenvalue weighted by Gasteiger charge is -2.20. The third-order valence-electron chi connectivity index (χ3n) is 2.15. The Morgan fingerprint density at radius 2 is 2.00 bits per heavy atom. The van der Waals surface area contributed by atoms with Crippen LogP contribution in [-0.2, 0) is 10.0 Å². The molecule has 2 rings (SSSR count). The molecule has 0 aliphatic rings. The molecule has 1 aromatic heterocycles. The number of nitrogens with zero attached hydrogens (tertiary/aromatic N) is 1. The second kappa shape index (κ2) is 4.45. The third-order valence-corrected chi connectivity index (χ3v) is 5.13. The van der Waals surface area contributed by atoms with E-state index in [1.807, 2.05) is 0 Å². The van der Waals surface area contributed by atoms with Crippen molar-refractivity contribution in [2.24, 2.45) is 0 Å². The molecular formula is C11H13ClN2O2S2. The average Bonchev–Trinajstić information content (AvgIpc) is 2.57. The third kappa shape index (κ3) is 2.66. The zero-order valence-corrected chi connectivity index (χ0v) is 12.6. The van der Waals surface area contributed by atoms with Crippen LogP contribution in [0.4, 0.5) is 0 Å². The van der Waals surface area contributed by atoms with Crippen LogP contribution in [0, 0.1) is 0 Å². The van der Waals surface area contributed by atoms with E-state index in [1.54, 1.807) is 32.9 Å². The maximum Gasteiger partial charge on any atom is 0.241 e. The summed E-state index contributed by atoms with van der Waals surface area (Å²) in [5.41, 5.74) is -0.545. The van der Waals surface area contributed by atoms with E-state index in [4.69, 9.17) is 11.6 Å². The van der Waals surface area contributed by atoms with Gasteiger partial charge in [-0.3, -0.25) is 0 Å². The first-order valence-electron chi connectivity index (χ1n) is 5.28. The van der Waals surface area contributed by atoms with Crippen LogP contribution in [0.1, 0.15) is 20.8 Å². The maximum atomic E-state index is 12.3. The van der Waals surface area contributed by atoms with Gasteiger partial charge >= 0.3 is 0 Å². The molecule has 98 valence electrons. The Morgan fingerprint density at radius 1 is 1.33 bits per heavy atom. The number of hydrogen-bond donors (Lipinski definition) is 1. The van der Waals surface area contributed by atoms with E-state index in [0.717, 1.165) is 4.70 Å². The van der Waals surface area contributed by atoms with Crippen molar-refractivity contribution in [2.75, 3.05) is 0 Å². The number of benzene rings is 1. The van der Waals surface area contributed by atoms with E-state index in [1.165, 1.54) is 17.6 Å². The van der Waals surface area contributed by atoms with Crippen molar-refractivity contribution in [1.82, 2.24) is 9.10 Å². The number of nitrogens with one attached hydrogen (secondary N) is 1. The van der Waals surface area contributed by atoms with Crippen molar-refractivity contribution >= 4 is 43.2 Å². The van der Waals surface area contributed by atoms with Crippen molar-refractivity contribution in [3.8, 4) is 0 Å². The summed E-state index contributed by atoms with van der Waals surface area (Å²) in [7, 11) is -3.60. The Bertz CT molecular complexity index is 687. The van der Waals surface area contributed by atoms with Gasteiger partial charge in [0.25, 0.3) is 0 Å². The molecule has 18 heavy (non-hydrogen) atoms. The molecule has 7 heteroatoms. The Labute approximate surface area is 115 Å². The molecule has 1 heterocycles. The van der Waals surface area contributed by atoms with Gasteiger partial charge in [-0.15, -0.1) is 0 Å². The molecular weight excluding hydrogens is 292 g/mol. The van der Waals surface area contributed by atoms with Crippen LogP contribution < -0.4 is 4.72 Å². The molecule has 0 radical (unpaired) electrons. The van der Waals surface area contributed by atoms with Crippen molar-refractivity contribution in [3.05, 3.63) is 23.4 Å². The van der Waals surface area contributed by atoms with Crippen LogP contribution in [-0.4, -0.2) is 18.3 Å². The van der Waals surface area contributed by atoms with Gasteiger partial charge in [0.1, 0.15) is 0 Å². The monoisotopic (exact) mass is 304 g/mol. The molecule has 1 aromatic carbocycles. The molecule has 0 unspecified atom stereocenters. The normalized spacial score (nSPS) is 13.1. The second-order valence-corrected chi connectivity index (χ2v) is 7.77. The molecule has 0 spiro atoms. The van der Waals surface area contributed by atoms with Gasteiger partial charge in [-0.1, -0.05) is 17.7 Å². The number of aromatic nitrogens is 1. The summed E-state index contributed by atoms with van der Waals surface area (Å²) in [5.74, 6) is 0. The van der Waals surface area contributed by atoms with Gasteiger partial charge < -0.3 is 0 Å². The summed E-state index contributed by atoms with van der Waals surface area (Å²) >= 11 is 7.15. The lowest BCUT2D eigenvalue weighted by molar-refractivity contribution is 0.492. The predicted molar refractivity (Wildman–Crippen MR) is 74.7 cm³/mol. The van der Waals surface area contributed by atoms with Crippen LogP contribution >= 0.6 is 23.1 Å². The summed E-state index contributed by atoms with van der Waals surface area (Å²) in [6, 6.07) is 5.03. The molecule has 0 saturated heterocycles. The minimum absolute atomic E-state index is 0.175.